The molecule has 13 heteroatoms. The number of anilines is 2. The Labute approximate surface area is 209 Å². The molecule has 0 unspecified atom stereocenters. The van der Waals surface area contributed by atoms with Gasteiger partial charge in [-0.2, -0.15) is 4.31 Å². The minimum Gasteiger partial charge on any atom is -0.495 e. The van der Waals surface area contributed by atoms with E-state index in [1.807, 2.05) is 0 Å². The van der Waals surface area contributed by atoms with E-state index < -0.39 is 32.1 Å². The fourth-order valence-electron chi connectivity index (χ4n) is 4.10. The number of nitrogens with zero attached hydrogens (tertiary/aromatic N) is 2. The maximum Gasteiger partial charge on any atom is 0.267 e. The van der Waals surface area contributed by atoms with Gasteiger partial charge in [0, 0.05) is 23.8 Å². The quantitative estimate of drug-likeness (QED) is 0.594. The SMILES string of the molecule is COc1ccc(NC(=O)[C@@H]2CN(S(C)(=O)=O)c3cc(Cl)ccc3O2)cc1S(=O)(=O)N1CCCCC1. The van der Waals surface area contributed by atoms with Crippen molar-refractivity contribution >= 4 is 48.9 Å². The first kappa shape index (κ1) is 25.5. The van der Waals surface area contributed by atoms with Crippen molar-refractivity contribution in [2.75, 3.05) is 42.6 Å². The van der Waals surface area contributed by atoms with Gasteiger partial charge in [0.05, 0.1) is 25.6 Å². The maximum atomic E-state index is 13.2. The fourth-order valence-corrected chi connectivity index (χ4v) is 6.87. The van der Waals surface area contributed by atoms with Crippen molar-refractivity contribution in [3.05, 3.63) is 41.4 Å². The lowest BCUT2D eigenvalue weighted by molar-refractivity contribution is -0.122. The Balaban J connectivity index is 1.60. The van der Waals surface area contributed by atoms with Crippen LogP contribution in [0.15, 0.2) is 41.3 Å². The first-order chi connectivity index (χ1) is 16.5. The normalized spacial score (nSPS) is 18.9. The number of fused-ring (bicyclic) bond motifs is 1. The van der Waals surface area contributed by atoms with E-state index in [4.69, 9.17) is 21.1 Å². The van der Waals surface area contributed by atoms with Gasteiger partial charge < -0.3 is 14.8 Å². The molecule has 1 saturated heterocycles. The summed E-state index contributed by atoms with van der Waals surface area (Å²) in [6.07, 6.45) is 2.38. The number of hydrogen-bond acceptors (Lipinski definition) is 7. The van der Waals surface area contributed by atoms with Crippen LogP contribution in [0.25, 0.3) is 0 Å². The number of sulfonamides is 2. The second kappa shape index (κ2) is 9.84. The Kier molecular flexibility index (Phi) is 7.18. The summed E-state index contributed by atoms with van der Waals surface area (Å²) in [7, 11) is -6.19. The van der Waals surface area contributed by atoms with Crippen LogP contribution in [-0.4, -0.2) is 66.2 Å². The van der Waals surface area contributed by atoms with E-state index in [0.29, 0.717) is 18.1 Å². The van der Waals surface area contributed by atoms with E-state index in [9.17, 15) is 21.6 Å². The minimum atomic E-state index is -3.83. The van der Waals surface area contributed by atoms with Crippen molar-refractivity contribution in [1.82, 2.24) is 4.31 Å². The van der Waals surface area contributed by atoms with E-state index in [0.717, 1.165) is 29.8 Å². The van der Waals surface area contributed by atoms with Gasteiger partial charge in [0.25, 0.3) is 5.91 Å². The van der Waals surface area contributed by atoms with Crippen molar-refractivity contribution in [1.29, 1.82) is 0 Å². The summed E-state index contributed by atoms with van der Waals surface area (Å²) in [5.41, 5.74) is 0.450. The predicted octanol–water partition coefficient (Wildman–Crippen LogP) is 2.69. The third-order valence-corrected chi connectivity index (χ3v) is 9.15. The molecule has 2 heterocycles. The Hall–Kier alpha value is -2.54. The van der Waals surface area contributed by atoms with Crippen LogP contribution in [0.3, 0.4) is 0 Å². The van der Waals surface area contributed by atoms with Crippen molar-refractivity contribution in [2.45, 2.75) is 30.3 Å². The van der Waals surface area contributed by atoms with Crippen molar-refractivity contribution in [3.63, 3.8) is 0 Å². The number of carbonyl (C=O) groups is 1. The zero-order valence-electron chi connectivity index (χ0n) is 19.2. The largest absolute Gasteiger partial charge is 0.495 e. The van der Waals surface area contributed by atoms with Crippen LogP contribution < -0.4 is 19.1 Å². The lowest BCUT2D eigenvalue weighted by Crippen LogP contribution is -2.48. The predicted molar refractivity (Wildman–Crippen MR) is 132 cm³/mol. The van der Waals surface area contributed by atoms with Crippen LogP contribution in [0.2, 0.25) is 5.02 Å². The Morgan fingerprint density at radius 2 is 1.80 bits per heavy atom. The van der Waals surface area contributed by atoms with Crippen molar-refractivity contribution < 1.29 is 31.1 Å². The van der Waals surface area contributed by atoms with Crippen molar-refractivity contribution in [3.8, 4) is 11.5 Å². The number of hydrogen-bond donors (Lipinski definition) is 1. The maximum absolute atomic E-state index is 13.2. The summed E-state index contributed by atoms with van der Waals surface area (Å²) in [5, 5.41) is 2.97. The van der Waals surface area contributed by atoms with E-state index in [1.54, 1.807) is 0 Å². The number of piperidine rings is 1. The fraction of sp³-hybridized carbons (Fsp3) is 0.409. The van der Waals surface area contributed by atoms with E-state index >= 15 is 0 Å². The summed E-state index contributed by atoms with van der Waals surface area (Å²) >= 11 is 6.01. The zero-order chi connectivity index (χ0) is 25.4. The molecule has 1 N–H and O–H groups in total. The van der Waals surface area contributed by atoms with Gasteiger partial charge >= 0.3 is 0 Å². The molecule has 2 aliphatic rings. The van der Waals surface area contributed by atoms with Crippen LogP contribution in [0.1, 0.15) is 19.3 Å². The van der Waals surface area contributed by atoms with E-state index in [2.05, 4.69) is 5.32 Å². The summed E-state index contributed by atoms with van der Waals surface area (Å²) in [4.78, 5) is 13.0. The first-order valence-corrected chi connectivity index (χ1v) is 14.6. The highest BCUT2D eigenvalue weighted by Gasteiger charge is 2.36. The number of methoxy groups -OCH3 is 1. The lowest BCUT2D eigenvalue weighted by Gasteiger charge is -2.34. The molecule has 0 saturated carbocycles. The number of halogens is 1. The summed E-state index contributed by atoms with van der Waals surface area (Å²) < 4.78 is 64.7. The molecule has 10 nitrogen and oxygen atoms in total. The van der Waals surface area contributed by atoms with Crippen LogP contribution in [0.5, 0.6) is 11.5 Å². The number of amides is 1. The topological polar surface area (TPSA) is 122 Å². The number of carbonyl (C=O) groups excluding carboxylic acids is 1. The molecule has 0 aliphatic carbocycles. The molecule has 1 fully saturated rings. The third kappa shape index (κ3) is 5.35. The molecule has 1 atom stereocenters. The summed E-state index contributed by atoms with van der Waals surface area (Å²) in [6, 6.07) is 8.79. The Morgan fingerprint density at radius 1 is 1.09 bits per heavy atom. The smallest absolute Gasteiger partial charge is 0.267 e. The number of ether oxygens (including phenoxy) is 2. The standard InChI is InChI=1S/C22H26ClN3O7S2/c1-32-19-9-7-16(13-21(19)35(30,31)25-10-4-3-5-11-25)24-22(27)20-14-26(34(2,28)29)17-12-15(23)6-8-18(17)33-20/h6-9,12-13,20H,3-5,10-11,14H2,1-2H3,(H,24,27)/t20-/m0/s1. The number of benzene rings is 2. The Bertz CT molecular complexity index is 1340. The van der Waals surface area contributed by atoms with Crippen LogP contribution >= 0.6 is 11.6 Å². The minimum absolute atomic E-state index is 0.0537. The second-order valence-corrected chi connectivity index (χ2v) is 12.6. The van der Waals surface area contributed by atoms with Crippen LogP contribution in [0.4, 0.5) is 11.4 Å². The summed E-state index contributed by atoms with van der Waals surface area (Å²) in [5.74, 6) is -0.281. The molecular formula is C22H26ClN3O7S2. The zero-order valence-corrected chi connectivity index (χ0v) is 21.6. The molecule has 2 aliphatic heterocycles. The second-order valence-electron chi connectivity index (χ2n) is 8.33. The molecule has 0 spiro atoms. The number of rotatable bonds is 6. The van der Waals surface area contributed by atoms with Gasteiger partial charge in [-0.15, -0.1) is 0 Å². The van der Waals surface area contributed by atoms with E-state index in [-0.39, 0.29) is 34.3 Å². The Morgan fingerprint density at radius 3 is 2.46 bits per heavy atom. The average Bonchev–Trinajstić information content (AvgIpc) is 2.83. The molecule has 0 bridgehead atoms. The molecule has 0 aromatic heterocycles. The number of nitrogens with one attached hydrogen (secondary N) is 1. The van der Waals surface area contributed by atoms with Gasteiger partial charge in [0.15, 0.2) is 6.10 Å². The van der Waals surface area contributed by atoms with Gasteiger partial charge in [-0.1, -0.05) is 18.0 Å². The molecule has 35 heavy (non-hydrogen) atoms. The van der Waals surface area contributed by atoms with E-state index in [1.165, 1.54) is 47.8 Å². The third-order valence-electron chi connectivity index (χ3n) is 5.85. The van der Waals surface area contributed by atoms with Gasteiger partial charge in [0.2, 0.25) is 20.0 Å². The molecule has 1 amide bonds. The lowest BCUT2D eigenvalue weighted by atomic mass is 10.2. The van der Waals surface area contributed by atoms with Gasteiger partial charge in [-0.3, -0.25) is 9.10 Å². The molecular weight excluding hydrogens is 518 g/mol. The summed E-state index contributed by atoms with van der Waals surface area (Å²) in [6.45, 7) is 0.568. The molecule has 0 radical (unpaired) electrons. The average molecular weight is 544 g/mol. The highest BCUT2D eigenvalue weighted by molar-refractivity contribution is 7.92. The van der Waals surface area contributed by atoms with Crippen molar-refractivity contribution in [2.24, 2.45) is 0 Å². The highest BCUT2D eigenvalue weighted by atomic mass is 35.5. The first-order valence-electron chi connectivity index (χ1n) is 10.9. The molecule has 2 aromatic carbocycles. The van der Waals surface area contributed by atoms with Gasteiger partial charge in [0.1, 0.15) is 16.4 Å². The van der Waals surface area contributed by atoms with Crippen LogP contribution in [0, 0.1) is 0 Å². The molecule has 2 aromatic rings. The van der Waals surface area contributed by atoms with Gasteiger partial charge in [-0.05, 0) is 49.2 Å². The monoisotopic (exact) mass is 543 g/mol. The van der Waals surface area contributed by atoms with Crippen LogP contribution in [-0.2, 0) is 24.8 Å². The molecule has 4 rings (SSSR count). The van der Waals surface area contributed by atoms with Gasteiger partial charge in [-0.25, -0.2) is 16.8 Å². The molecule has 190 valence electrons. The highest BCUT2D eigenvalue weighted by Crippen LogP contribution is 2.37.